The van der Waals surface area contributed by atoms with E-state index in [4.69, 9.17) is 20.2 Å². The van der Waals surface area contributed by atoms with E-state index in [-0.39, 0.29) is 41.3 Å². The average Bonchev–Trinajstić information content (AvgIpc) is 3.50. The summed E-state index contributed by atoms with van der Waals surface area (Å²) in [5.41, 5.74) is 2.32. The van der Waals surface area contributed by atoms with Crippen LogP contribution in [0.5, 0.6) is 0 Å². The maximum Gasteiger partial charge on any atom is 0.257 e. The van der Waals surface area contributed by atoms with E-state index in [1.54, 1.807) is 29.2 Å². The Kier molecular flexibility index (Phi) is 12.0. The lowest BCUT2D eigenvalue weighted by Gasteiger charge is -2.33. The first-order valence-corrected chi connectivity index (χ1v) is 16.8. The minimum atomic E-state index is -0.947. The van der Waals surface area contributed by atoms with Gasteiger partial charge in [0.15, 0.2) is 13.1 Å². The number of carbonyl (C=O) groups excluding carboxylic acids is 4. The van der Waals surface area contributed by atoms with Gasteiger partial charge in [0.2, 0.25) is 17.7 Å². The van der Waals surface area contributed by atoms with Crippen LogP contribution in [-0.4, -0.2) is 72.3 Å². The zero-order valence-corrected chi connectivity index (χ0v) is 27.7. The lowest BCUT2D eigenvalue weighted by Crippen LogP contribution is -2.59. The van der Waals surface area contributed by atoms with E-state index < -0.39 is 30.1 Å². The minimum Gasteiger partial charge on any atom is -0.362 e. The molecule has 2 radical (unpaired) electrons. The fourth-order valence-electron chi connectivity index (χ4n) is 6.65. The highest BCUT2D eigenvalue weighted by Crippen LogP contribution is 2.35. The average molecular weight is 665 g/mol. The van der Waals surface area contributed by atoms with Crippen molar-refractivity contribution < 1.29 is 19.2 Å². The molecule has 0 saturated carbocycles. The number of amides is 4. The third kappa shape index (κ3) is 8.29. The number of nitrogens with one attached hydrogen (secondary N) is 5. The molecule has 2 aliphatic rings. The van der Waals surface area contributed by atoms with E-state index in [1.165, 1.54) is 0 Å². The van der Waals surface area contributed by atoms with Crippen molar-refractivity contribution in [2.24, 2.45) is 5.92 Å². The van der Waals surface area contributed by atoms with Gasteiger partial charge in [0, 0.05) is 24.1 Å². The molecule has 5 rings (SSSR count). The second kappa shape index (κ2) is 16.5. The second-order valence-electron chi connectivity index (χ2n) is 12.2. The molecule has 48 heavy (non-hydrogen) atoms. The van der Waals surface area contributed by atoms with Crippen molar-refractivity contribution in [1.29, 1.82) is 0 Å². The van der Waals surface area contributed by atoms with Crippen LogP contribution in [0.15, 0.2) is 91.0 Å². The zero-order valence-electron chi connectivity index (χ0n) is 26.9. The van der Waals surface area contributed by atoms with Crippen molar-refractivity contribution >= 4 is 48.9 Å². The lowest BCUT2D eigenvalue weighted by atomic mass is 9.92. The summed E-state index contributed by atoms with van der Waals surface area (Å²) >= 11 is 5.42. The summed E-state index contributed by atoms with van der Waals surface area (Å²) in [6.45, 7) is 2.04. The smallest absolute Gasteiger partial charge is 0.257 e. The quantitative estimate of drug-likeness (QED) is 0.157. The Bertz CT molecular complexity index is 1540. The van der Waals surface area contributed by atoms with Crippen LogP contribution < -0.4 is 26.5 Å². The first-order valence-electron chi connectivity index (χ1n) is 16.4. The Morgan fingerprint density at radius 2 is 1.46 bits per heavy atom. The van der Waals surface area contributed by atoms with E-state index in [2.05, 4.69) is 26.5 Å². The molecule has 0 bridgehead atoms. The maximum atomic E-state index is 14.5. The van der Waals surface area contributed by atoms with Crippen LogP contribution in [0, 0.1) is 5.92 Å². The van der Waals surface area contributed by atoms with Crippen molar-refractivity contribution in [3.63, 3.8) is 0 Å². The molecule has 2 aliphatic heterocycles. The number of hydrogen-bond acceptors (Lipinski definition) is 6. The highest BCUT2D eigenvalue weighted by Gasteiger charge is 2.48. The van der Waals surface area contributed by atoms with Crippen molar-refractivity contribution in [1.82, 2.24) is 31.4 Å². The predicted octanol–water partition coefficient (Wildman–Crippen LogP) is 2.90. The monoisotopic (exact) mass is 664 g/mol. The molecule has 248 valence electrons. The van der Waals surface area contributed by atoms with Gasteiger partial charge < -0.3 is 26.1 Å². The first-order chi connectivity index (χ1) is 23.3. The SMILES string of the molecule is [B]N[C@@H](CC)C(=O)N[C@@H]1C(=O)N2[C@@H](CC[C@@H]1CNC(=S)NC(=O)c1ccccc1)CC[C@H]2C(=O)NC(c1ccccc1)c1ccccc1. The summed E-state index contributed by atoms with van der Waals surface area (Å²) in [5.74, 6) is -1.70. The maximum absolute atomic E-state index is 14.5. The third-order valence-electron chi connectivity index (χ3n) is 9.23. The van der Waals surface area contributed by atoms with E-state index in [0.29, 0.717) is 37.7 Å². The van der Waals surface area contributed by atoms with Gasteiger partial charge in [-0.2, -0.15) is 0 Å². The van der Waals surface area contributed by atoms with E-state index >= 15 is 0 Å². The van der Waals surface area contributed by atoms with Crippen LogP contribution in [0.4, 0.5) is 0 Å². The number of benzene rings is 3. The topological polar surface area (TPSA) is 132 Å². The van der Waals surface area contributed by atoms with Crippen LogP contribution >= 0.6 is 12.2 Å². The predicted molar refractivity (Wildman–Crippen MR) is 189 cm³/mol. The van der Waals surface area contributed by atoms with Gasteiger partial charge in [-0.25, -0.2) is 0 Å². The first kappa shape index (κ1) is 34.8. The van der Waals surface area contributed by atoms with Gasteiger partial charge >= 0.3 is 0 Å². The van der Waals surface area contributed by atoms with Gasteiger partial charge in [0.05, 0.1) is 12.1 Å². The van der Waals surface area contributed by atoms with E-state index in [0.717, 1.165) is 11.1 Å². The van der Waals surface area contributed by atoms with Crippen molar-refractivity contribution in [3.8, 4) is 0 Å². The summed E-state index contributed by atoms with van der Waals surface area (Å²) in [6.07, 6.45) is 2.82. The second-order valence-corrected chi connectivity index (χ2v) is 12.6. The molecule has 12 heteroatoms. The highest BCUT2D eigenvalue weighted by atomic mass is 32.1. The molecule has 2 saturated heterocycles. The van der Waals surface area contributed by atoms with Crippen LogP contribution in [0.1, 0.15) is 66.6 Å². The highest BCUT2D eigenvalue weighted by molar-refractivity contribution is 7.80. The number of rotatable bonds is 11. The van der Waals surface area contributed by atoms with Gasteiger partial charge in [-0.3, -0.25) is 24.5 Å². The third-order valence-corrected chi connectivity index (χ3v) is 9.48. The Labute approximate surface area is 288 Å². The minimum absolute atomic E-state index is 0.117. The van der Waals surface area contributed by atoms with Crippen LogP contribution in [0.3, 0.4) is 0 Å². The normalized spacial score (nSPS) is 21.0. The molecule has 4 amide bonds. The largest absolute Gasteiger partial charge is 0.362 e. The molecule has 0 aromatic heterocycles. The Morgan fingerprint density at radius 3 is 2.04 bits per heavy atom. The fourth-order valence-corrected chi connectivity index (χ4v) is 6.82. The number of hydrogen-bond donors (Lipinski definition) is 5. The molecule has 0 spiro atoms. The van der Waals surface area contributed by atoms with Gasteiger partial charge in [0.25, 0.3) is 5.91 Å². The molecule has 0 aliphatic carbocycles. The number of carbonyl (C=O) groups is 4. The standard InChI is InChI=1S/C36H41BN6O4S/c1-2-28(42-37)33(45)40-31-26(22-38-36(48)41-32(44)25-16-10-5-11-17-25)18-19-27-20-21-29(43(27)35(31)47)34(46)39-30(23-12-6-3-7-13-23)24-14-8-4-9-15-24/h3-17,26-31,42H,2,18-22H2,1H3,(H,39,46)(H,40,45)(H2,38,41,44,48)/t26-,27+,28+,29+,31+/m1/s1. The summed E-state index contributed by atoms with van der Waals surface area (Å²) in [6, 6.07) is 25.3. The van der Waals surface area contributed by atoms with Crippen LogP contribution in [-0.2, 0) is 14.4 Å². The molecule has 5 N–H and O–H groups in total. The fraction of sp³-hybridized carbons (Fsp3) is 0.361. The Balaban J connectivity index is 1.34. The molecule has 10 nitrogen and oxygen atoms in total. The molecule has 5 atom stereocenters. The summed E-state index contributed by atoms with van der Waals surface area (Å²) in [5, 5.41) is 14.6. The Hall–Kier alpha value is -4.55. The lowest BCUT2D eigenvalue weighted by molar-refractivity contribution is -0.143. The van der Waals surface area contributed by atoms with Crippen molar-refractivity contribution in [3.05, 3.63) is 108 Å². The summed E-state index contributed by atoms with van der Waals surface area (Å²) < 4.78 is 0. The zero-order chi connectivity index (χ0) is 34.0. The molecule has 2 heterocycles. The van der Waals surface area contributed by atoms with Crippen LogP contribution in [0.2, 0.25) is 0 Å². The number of thiocarbonyl (C=S) groups is 1. The molecular formula is C36H41BN6O4S. The van der Waals surface area contributed by atoms with Gasteiger partial charge in [-0.15, -0.1) is 0 Å². The molecule has 3 aromatic carbocycles. The summed E-state index contributed by atoms with van der Waals surface area (Å²) in [4.78, 5) is 56.1. The molecular weight excluding hydrogens is 623 g/mol. The number of fused-ring (bicyclic) bond motifs is 1. The van der Waals surface area contributed by atoms with E-state index in [1.807, 2.05) is 73.7 Å². The Morgan fingerprint density at radius 1 is 0.875 bits per heavy atom. The molecule has 0 unspecified atom stereocenters. The molecule has 2 fully saturated rings. The van der Waals surface area contributed by atoms with Crippen molar-refractivity contribution in [2.75, 3.05) is 6.54 Å². The van der Waals surface area contributed by atoms with Gasteiger partial charge in [0.1, 0.15) is 12.1 Å². The van der Waals surface area contributed by atoms with Gasteiger partial charge in [-0.1, -0.05) is 85.8 Å². The number of nitrogens with zero attached hydrogens (tertiary/aromatic N) is 1. The van der Waals surface area contributed by atoms with E-state index in [9.17, 15) is 19.2 Å². The molecule has 3 aromatic rings. The van der Waals surface area contributed by atoms with Gasteiger partial charge in [-0.05, 0) is 67.6 Å². The van der Waals surface area contributed by atoms with Crippen molar-refractivity contribution in [2.45, 2.75) is 69.2 Å². The summed E-state index contributed by atoms with van der Waals surface area (Å²) in [7, 11) is 5.64. The van der Waals surface area contributed by atoms with Crippen LogP contribution in [0.25, 0.3) is 0 Å².